The Hall–Kier alpha value is -2.11. The van der Waals surface area contributed by atoms with Gasteiger partial charge in [0.15, 0.2) is 0 Å². The highest BCUT2D eigenvalue weighted by Crippen LogP contribution is 2.02. The maximum atomic E-state index is 11.8. The van der Waals surface area contributed by atoms with Gasteiger partial charge in [-0.15, -0.1) is 0 Å². The van der Waals surface area contributed by atoms with Crippen molar-refractivity contribution in [2.45, 2.75) is 13.5 Å². The monoisotopic (exact) mass is 219 g/mol. The van der Waals surface area contributed by atoms with E-state index in [9.17, 15) is 4.79 Å². The molecule has 2 aromatic rings. The van der Waals surface area contributed by atoms with Gasteiger partial charge < -0.3 is 5.32 Å². The van der Waals surface area contributed by atoms with E-state index < -0.39 is 0 Å². The van der Waals surface area contributed by atoms with Gasteiger partial charge in [0.05, 0.1) is 11.9 Å². The van der Waals surface area contributed by atoms with Crippen LogP contribution in [-0.4, -0.2) is 25.9 Å². The molecule has 6 heteroatoms. The number of H-pyrrole nitrogens is 1. The molecule has 0 aliphatic rings. The SMILES string of the molecule is Cc1cc(C(=O)NCc2cn[nH]c2)n(C)n1. The summed E-state index contributed by atoms with van der Waals surface area (Å²) in [4.78, 5) is 11.8. The number of amides is 1. The molecule has 0 spiro atoms. The number of hydrogen-bond donors (Lipinski definition) is 2. The van der Waals surface area contributed by atoms with Gasteiger partial charge >= 0.3 is 0 Å². The summed E-state index contributed by atoms with van der Waals surface area (Å²) in [6.07, 6.45) is 3.42. The molecule has 0 bridgehead atoms. The molecule has 2 N–H and O–H groups in total. The number of nitrogens with one attached hydrogen (secondary N) is 2. The Morgan fingerprint density at radius 1 is 1.62 bits per heavy atom. The van der Waals surface area contributed by atoms with E-state index in [4.69, 9.17) is 0 Å². The molecule has 0 aliphatic carbocycles. The van der Waals surface area contributed by atoms with Gasteiger partial charge in [-0.05, 0) is 13.0 Å². The number of aromatic nitrogens is 4. The Bertz CT molecular complexity index is 485. The van der Waals surface area contributed by atoms with E-state index >= 15 is 0 Å². The number of aryl methyl sites for hydroxylation is 2. The third kappa shape index (κ3) is 2.10. The fourth-order valence-electron chi connectivity index (χ4n) is 1.47. The van der Waals surface area contributed by atoms with Crippen LogP contribution in [0.15, 0.2) is 18.5 Å². The van der Waals surface area contributed by atoms with Crippen molar-refractivity contribution in [3.63, 3.8) is 0 Å². The number of rotatable bonds is 3. The molecule has 0 unspecified atom stereocenters. The van der Waals surface area contributed by atoms with E-state index in [0.29, 0.717) is 12.2 Å². The maximum Gasteiger partial charge on any atom is 0.269 e. The van der Waals surface area contributed by atoms with Gasteiger partial charge in [0.1, 0.15) is 5.69 Å². The van der Waals surface area contributed by atoms with Crippen LogP contribution in [0.1, 0.15) is 21.7 Å². The first-order valence-electron chi connectivity index (χ1n) is 4.93. The van der Waals surface area contributed by atoms with Gasteiger partial charge in [-0.3, -0.25) is 14.6 Å². The second-order valence-electron chi connectivity index (χ2n) is 3.58. The van der Waals surface area contributed by atoms with Crippen molar-refractivity contribution in [3.05, 3.63) is 35.4 Å². The van der Waals surface area contributed by atoms with Crippen LogP contribution in [0.4, 0.5) is 0 Å². The quantitative estimate of drug-likeness (QED) is 0.783. The van der Waals surface area contributed by atoms with Crippen molar-refractivity contribution in [1.29, 1.82) is 0 Å². The largest absolute Gasteiger partial charge is 0.347 e. The van der Waals surface area contributed by atoms with Crippen LogP contribution in [-0.2, 0) is 13.6 Å². The summed E-state index contributed by atoms with van der Waals surface area (Å²) in [7, 11) is 1.75. The summed E-state index contributed by atoms with van der Waals surface area (Å²) >= 11 is 0. The van der Waals surface area contributed by atoms with Crippen molar-refractivity contribution in [2.24, 2.45) is 7.05 Å². The number of aromatic amines is 1. The van der Waals surface area contributed by atoms with Gasteiger partial charge in [0.25, 0.3) is 5.91 Å². The van der Waals surface area contributed by atoms with E-state index in [2.05, 4.69) is 20.6 Å². The molecule has 84 valence electrons. The Kier molecular flexibility index (Phi) is 2.72. The third-order valence-electron chi connectivity index (χ3n) is 2.24. The van der Waals surface area contributed by atoms with Crippen molar-refractivity contribution in [3.8, 4) is 0 Å². The summed E-state index contributed by atoms with van der Waals surface area (Å²) in [5.41, 5.74) is 2.32. The maximum absolute atomic E-state index is 11.8. The van der Waals surface area contributed by atoms with Crippen molar-refractivity contribution in [1.82, 2.24) is 25.3 Å². The molecule has 16 heavy (non-hydrogen) atoms. The predicted molar refractivity (Wildman–Crippen MR) is 57.7 cm³/mol. The number of carbonyl (C=O) groups excluding carboxylic acids is 1. The highest BCUT2D eigenvalue weighted by atomic mass is 16.2. The lowest BCUT2D eigenvalue weighted by Crippen LogP contribution is -2.24. The lowest BCUT2D eigenvalue weighted by atomic mass is 10.3. The molecule has 0 saturated heterocycles. The molecule has 0 aromatic carbocycles. The Morgan fingerprint density at radius 2 is 2.44 bits per heavy atom. The van der Waals surface area contributed by atoms with E-state index in [1.165, 1.54) is 0 Å². The lowest BCUT2D eigenvalue weighted by molar-refractivity contribution is 0.0941. The van der Waals surface area contributed by atoms with Gasteiger partial charge in [-0.1, -0.05) is 0 Å². The van der Waals surface area contributed by atoms with Crippen LogP contribution in [0.2, 0.25) is 0 Å². The van der Waals surface area contributed by atoms with Crippen LogP contribution in [0.3, 0.4) is 0 Å². The summed E-state index contributed by atoms with van der Waals surface area (Å²) in [5.74, 6) is -0.135. The molecule has 2 rings (SSSR count). The Balaban J connectivity index is 2.01. The average molecular weight is 219 g/mol. The molecular weight excluding hydrogens is 206 g/mol. The average Bonchev–Trinajstić information content (AvgIpc) is 2.84. The molecule has 0 fully saturated rings. The first-order valence-corrected chi connectivity index (χ1v) is 4.93. The molecular formula is C10H13N5O. The number of hydrogen-bond acceptors (Lipinski definition) is 3. The standard InChI is InChI=1S/C10H13N5O/c1-7-3-9(15(2)14-7)10(16)11-4-8-5-12-13-6-8/h3,5-6H,4H2,1-2H3,(H,11,16)(H,12,13). The molecule has 6 nitrogen and oxygen atoms in total. The highest BCUT2D eigenvalue weighted by Gasteiger charge is 2.11. The summed E-state index contributed by atoms with van der Waals surface area (Å²) < 4.78 is 1.57. The second-order valence-corrected chi connectivity index (χ2v) is 3.58. The Morgan fingerprint density at radius 3 is 3.00 bits per heavy atom. The van der Waals surface area contributed by atoms with Crippen molar-refractivity contribution >= 4 is 5.91 Å². The smallest absolute Gasteiger partial charge is 0.269 e. The summed E-state index contributed by atoms with van der Waals surface area (Å²) in [6, 6.07) is 1.75. The van der Waals surface area contributed by atoms with E-state index in [1.54, 1.807) is 30.2 Å². The molecule has 0 aliphatic heterocycles. The van der Waals surface area contributed by atoms with Crippen LogP contribution >= 0.6 is 0 Å². The van der Waals surface area contributed by atoms with Crippen molar-refractivity contribution in [2.75, 3.05) is 0 Å². The number of nitrogens with zero attached hydrogens (tertiary/aromatic N) is 3. The fourth-order valence-corrected chi connectivity index (χ4v) is 1.47. The first kappa shape index (κ1) is 10.4. The fraction of sp³-hybridized carbons (Fsp3) is 0.300. The minimum Gasteiger partial charge on any atom is -0.347 e. The minimum absolute atomic E-state index is 0.135. The topological polar surface area (TPSA) is 75.6 Å². The number of carbonyl (C=O) groups is 1. The molecule has 0 saturated carbocycles. The van der Waals surface area contributed by atoms with Crippen LogP contribution < -0.4 is 5.32 Å². The molecule has 0 atom stereocenters. The van der Waals surface area contributed by atoms with Gasteiger partial charge in [-0.2, -0.15) is 10.2 Å². The first-order chi connectivity index (χ1) is 7.66. The third-order valence-corrected chi connectivity index (χ3v) is 2.24. The Labute approximate surface area is 92.7 Å². The lowest BCUT2D eigenvalue weighted by Gasteiger charge is -2.02. The van der Waals surface area contributed by atoms with Gasteiger partial charge in [-0.25, -0.2) is 0 Å². The second kappa shape index (κ2) is 4.18. The predicted octanol–water partition coefficient (Wildman–Crippen LogP) is 0.382. The molecule has 2 aromatic heterocycles. The zero-order valence-corrected chi connectivity index (χ0v) is 9.19. The molecule has 0 radical (unpaired) electrons. The van der Waals surface area contributed by atoms with Gasteiger partial charge in [0.2, 0.25) is 0 Å². The minimum atomic E-state index is -0.135. The van der Waals surface area contributed by atoms with Crippen molar-refractivity contribution < 1.29 is 4.79 Å². The normalized spacial score (nSPS) is 10.4. The van der Waals surface area contributed by atoms with E-state index in [-0.39, 0.29) is 5.91 Å². The summed E-state index contributed by atoms with van der Waals surface area (Å²) in [5, 5.41) is 13.4. The van der Waals surface area contributed by atoms with E-state index in [0.717, 1.165) is 11.3 Å². The van der Waals surface area contributed by atoms with Crippen LogP contribution in [0.25, 0.3) is 0 Å². The van der Waals surface area contributed by atoms with Crippen LogP contribution in [0.5, 0.6) is 0 Å². The molecule has 1 amide bonds. The van der Waals surface area contributed by atoms with Crippen LogP contribution in [0, 0.1) is 6.92 Å². The summed E-state index contributed by atoms with van der Waals surface area (Å²) in [6.45, 7) is 2.31. The molecule has 2 heterocycles. The zero-order valence-electron chi connectivity index (χ0n) is 9.19. The van der Waals surface area contributed by atoms with Gasteiger partial charge in [0, 0.05) is 25.4 Å². The van der Waals surface area contributed by atoms with E-state index in [1.807, 2.05) is 6.92 Å². The zero-order chi connectivity index (χ0) is 11.5. The highest BCUT2D eigenvalue weighted by molar-refractivity contribution is 5.92.